The van der Waals surface area contributed by atoms with E-state index < -0.39 is 0 Å². The zero-order chi connectivity index (χ0) is 10.9. The van der Waals surface area contributed by atoms with E-state index >= 15 is 0 Å². The zero-order valence-electron chi connectivity index (χ0n) is 9.92. The summed E-state index contributed by atoms with van der Waals surface area (Å²) in [5.41, 5.74) is 0. The Kier molecular flexibility index (Phi) is 6.09. The van der Waals surface area contributed by atoms with Gasteiger partial charge >= 0.3 is 0 Å². The lowest BCUT2D eigenvalue weighted by Gasteiger charge is -2.16. The first kappa shape index (κ1) is 12.2. The van der Waals surface area contributed by atoms with Gasteiger partial charge in [0.05, 0.1) is 0 Å². The Morgan fingerprint density at radius 3 is 2.87 bits per heavy atom. The van der Waals surface area contributed by atoms with E-state index in [1.54, 1.807) is 0 Å². The molecule has 1 aromatic rings. The van der Waals surface area contributed by atoms with E-state index in [4.69, 9.17) is 0 Å². The van der Waals surface area contributed by atoms with Crippen LogP contribution in [0.3, 0.4) is 0 Å². The third kappa shape index (κ3) is 4.98. The molecule has 0 spiro atoms. The van der Waals surface area contributed by atoms with Crippen molar-refractivity contribution in [2.24, 2.45) is 0 Å². The first-order chi connectivity index (χ1) is 7.36. The van der Waals surface area contributed by atoms with Gasteiger partial charge in [0.25, 0.3) is 0 Å². The van der Waals surface area contributed by atoms with Gasteiger partial charge in [-0.15, -0.1) is 0 Å². The quantitative estimate of drug-likeness (QED) is 0.646. The normalized spacial score (nSPS) is 12.9. The van der Waals surface area contributed by atoms with Crippen LogP contribution in [0.2, 0.25) is 0 Å². The van der Waals surface area contributed by atoms with Crippen LogP contribution in [0.1, 0.15) is 45.4 Å². The summed E-state index contributed by atoms with van der Waals surface area (Å²) in [6.07, 6.45) is 9.93. The molecule has 3 heteroatoms. The van der Waals surface area contributed by atoms with Crippen LogP contribution in [0.5, 0.6) is 0 Å². The van der Waals surface area contributed by atoms with Crippen LogP contribution >= 0.6 is 0 Å². The third-order valence-corrected chi connectivity index (χ3v) is 2.64. The first-order valence-corrected chi connectivity index (χ1v) is 6.08. The van der Waals surface area contributed by atoms with E-state index in [9.17, 15) is 0 Å². The second kappa shape index (κ2) is 7.46. The summed E-state index contributed by atoms with van der Waals surface area (Å²) in [7, 11) is 0. The summed E-state index contributed by atoms with van der Waals surface area (Å²) in [6.45, 7) is 5.45. The molecular formula is C12H23N3. The number of nitrogens with one attached hydrogen (secondary N) is 2. The lowest BCUT2D eigenvalue weighted by Crippen LogP contribution is -2.31. The van der Waals surface area contributed by atoms with Gasteiger partial charge in [-0.25, -0.2) is 4.98 Å². The van der Waals surface area contributed by atoms with Crippen LogP contribution < -0.4 is 5.32 Å². The molecule has 1 unspecified atom stereocenters. The van der Waals surface area contributed by atoms with E-state index in [0.29, 0.717) is 6.04 Å². The van der Waals surface area contributed by atoms with Crippen molar-refractivity contribution >= 4 is 0 Å². The Morgan fingerprint density at radius 1 is 1.40 bits per heavy atom. The van der Waals surface area contributed by atoms with Gasteiger partial charge in [-0.3, -0.25) is 0 Å². The maximum absolute atomic E-state index is 4.27. The largest absolute Gasteiger partial charge is 0.349 e. The topological polar surface area (TPSA) is 40.7 Å². The average Bonchev–Trinajstić information content (AvgIpc) is 2.71. The Morgan fingerprint density at radius 2 is 2.27 bits per heavy atom. The molecule has 86 valence electrons. The van der Waals surface area contributed by atoms with Crippen molar-refractivity contribution in [1.29, 1.82) is 0 Å². The lowest BCUT2D eigenvalue weighted by molar-refractivity contribution is 0.460. The zero-order valence-corrected chi connectivity index (χ0v) is 9.92. The molecule has 0 fully saturated rings. The molecule has 0 radical (unpaired) electrons. The Bertz CT molecular complexity index is 231. The van der Waals surface area contributed by atoms with Gasteiger partial charge in [0, 0.05) is 24.9 Å². The number of imidazole rings is 1. The molecule has 0 aliphatic carbocycles. The summed E-state index contributed by atoms with van der Waals surface area (Å²) in [4.78, 5) is 7.44. The van der Waals surface area contributed by atoms with Crippen molar-refractivity contribution in [1.82, 2.24) is 15.3 Å². The highest BCUT2D eigenvalue weighted by atomic mass is 14.9. The molecule has 0 aliphatic heterocycles. The van der Waals surface area contributed by atoms with Gasteiger partial charge in [0.1, 0.15) is 5.82 Å². The van der Waals surface area contributed by atoms with Gasteiger partial charge in [-0.05, 0) is 13.0 Å². The molecular weight excluding hydrogens is 186 g/mol. The number of rotatable bonds is 8. The molecule has 0 aliphatic rings. The van der Waals surface area contributed by atoms with E-state index in [1.165, 1.54) is 25.7 Å². The minimum atomic E-state index is 0.577. The number of aromatic amines is 1. The number of nitrogens with zero attached hydrogens (tertiary/aromatic N) is 1. The van der Waals surface area contributed by atoms with Crippen molar-refractivity contribution in [2.75, 3.05) is 6.54 Å². The first-order valence-electron chi connectivity index (χ1n) is 6.08. The SMILES string of the molecule is CCCCCC(Cc1ncc[nH]1)NCC. The van der Waals surface area contributed by atoms with Crippen molar-refractivity contribution < 1.29 is 0 Å². The highest BCUT2D eigenvalue weighted by molar-refractivity contribution is 4.91. The van der Waals surface area contributed by atoms with Crippen molar-refractivity contribution in [3.05, 3.63) is 18.2 Å². The smallest absolute Gasteiger partial charge is 0.107 e. The predicted molar refractivity (Wildman–Crippen MR) is 63.9 cm³/mol. The molecule has 1 atom stereocenters. The molecule has 1 rings (SSSR count). The minimum absolute atomic E-state index is 0.577. The van der Waals surface area contributed by atoms with Crippen LogP contribution in [0, 0.1) is 0 Å². The second-order valence-electron chi connectivity index (χ2n) is 3.99. The number of hydrogen-bond donors (Lipinski definition) is 2. The molecule has 3 nitrogen and oxygen atoms in total. The van der Waals surface area contributed by atoms with Gasteiger partial charge < -0.3 is 10.3 Å². The Hall–Kier alpha value is -0.830. The highest BCUT2D eigenvalue weighted by Gasteiger charge is 2.08. The van der Waals surface area contributed by atoms with Gasteiger partial charge in [0.15, 0.2) is 0 Å². The van der Waals surface area contributed by atoms with Gasteiger partial charge in [-0.2, -0.15) is 0 Å². The highest BCUT2D eigenvalue weighted by Crippen LogP contribution is 2.07. The summed E-state index contributed by atoms with van der Waals surface area (Å²) >= 11 is 0. The summed E-state index contributed by atoms with van der Waals surface area (Å²) < 4.78 is 0. The molecule has 15 heavy (non-hydrogen) atoms. The van der Waals surface area contributed by atoms with Crippen molar-refractivity contribution in [3.63, 3.8) is 0 Å². The molecule has 0 amide bonds. The number of likely N-dealkylation sites (N-methyl/N-ethyl adjacent to an activating group) is 1. The third-order valence-electron chi connectivity index (χ3n) is 2.64. The predicted octanol–water partition coefficient (Wildman–Crippen LogP) is 2.51. The fourth-order valence-electron chi connectivity index (χ4n) is 1.85. The number of hydrogen-bond acceptors (Lipinski definition) is 2. The monoisotopic (exact) mass is 209 g/mol. The van der Waals surface area contributed by atoms with E-state index in [2.05, 4.69) is 29.1 Å². The number of unbranched alkanes of at least 4 members (excludes halogenated alkanes) is 2. The lowest BCUT2D eigenvalue weighted by atomic mass is 10.1. The van der Waals surface area contributed by atoms with Crippen LogP contribution in [-0.4, -0.2) is 22.6 Å². The standard InChI is InChI=1S/C12H23N3/c1-3-5-6-7-11(13-4-2)10-12-14-8-9-15-12/h8-9,11,13H,3-7,10H2,1-2H3,(H,14,15). The molecule has 0 aromatic carbocycles. The fourth-order valence-corrected chi connectivity index (χ4v) is 1.85. The van der Waals surface area contributed by atoms with Gasteiger partial charge in [-0.1, -0.05) is 33.1 Å². The van der Waals surface area contributed by atoms with E-state index in [-0.39, 0.29) is 0 Å². The van der Waals surface area contributed by atoms with Gasteiger partial charge in [0.2, 0.25) is 0 Å². The Balaban J connectivity index is 2.29. The molecule has 0 saturated carbocycles. The number of aromatic nitrogens is 2. The summed E-state index contributed by atoms with van der Waals surface area (Å²) in [6, 6.07) is 0.577. The van der Waals surface area contributed by atoms with Crippen LogP contribution in [0.15, 0.2) is 12.4 Å². The van der Waals surface area contributed by atoms with E-state index in [1.807, 2.05) is 12.4 Å². The van der Waals surface area contributed by atoms with Crippen LogP contribution in [0.4, 0.5) is 0 Å². The minimum Gasteiger partial charge on any atom is -0.349 e. The Labute approximate surface area is 92.7 Å². The average molecular weight is 209 g/mol. The fraction of sp³-hybridized carbons (Fsp3) is 0.750. The molecule has 1 heterocycles. The molecule has 0 saturated heterocycles. The molecule has 2 N–H and O–H groups in total. The second-order valence-corrected chi connectivity index (χ2v) is 3.99. The summed E-state index contributed by atoms with van der Waals surface area (Å²) in [5.74, 6) is 1.09. The summed E-state index contributed by atoms with van der Waals surface area (Å²) in [5, 5.41) is 3.52. The van der Waals surface area contributed by atoms with Crippen LogP contribution in [0.25, 0.3) is 0 Å². The van der Waals surface area contributed by atoms with Crippen molar-refractivity contribution in [3.8, 4) is 0 Å². The number of H-pyrrole nitrogens is 1. The van der Waals surface area contributed by atoms with Crippen molar-refractivity contribution in [2.45, 2.75) is 52.0 Å². The van der Waals surface area contributed by atoms with E-state index in [0.717, 1.165) is 18.8 Å². The molecule has 0 bridgehead atoms. The molecule has 1 aromatic heterocycles. The van der Waals surface area contributed by atoms with Crippen LogP contribution in [-0.2, 0) is 6.42 Å². The maximum atomic E-state index is 4.27. The maximum Gasteiger partial charge on any atom is 0.107 e.